The minimum Gasteiger partial charge on any atom is -0.360 e. The fourth-order valence-corrected chi connectivity index (χ4v) is 1.95. The molecular weight excluding hydrogens is 258 g/mol. The molecule has 4 heteroatoms. The second-order valence-corrected chi connectivity index (χ2v) is 4.52. The summed E-state index contributed by atoms with van der Waals surface area (Å²) in [6.45, 7) is 0. The van der Waals surface area contributed by atoms with E-state index in [4.69, 9.17) is 11.6 Å². The molecule has 19 heavy (non-hydrogen) atoms. The van der Waals surface area contributed by atoms with E-state index in [1.54, 1.807) is 6.21 Å². The average Bonchev–Trinajstić information content (AvgIpc) is 2.85. The van der Waals surface area contributed by atoms with Crippen LogP contribution in [0.4, 0.5) is 5.69 Å². The molecule has 0 aliphatic carbocycles. The highest BCUT2D eigenvalue weighted by Gasteiger charge is 1.99. The Bertz CT molecular complexity index is 714. The lowest BCUT2D eigenvalue weighted by atomic mass is 10.2. The molecule has 0 aliphatic rings. The number of anilines is 1. The monoisotopic (exact) mass is 268 g/mol. The highest BCUT2D eigenvalue weighted by atomic mass is 35.5. The van der Waals surface area contributed by atoms with E-state index in [1.165, 1.54) is 0 Å². The van der Waals surface area contributed by atoms with Crippen LogP contribution in [0.3, 0.4) is 0 Å². The highest BCUT2D eigenvalue weighted by Crippen LogP contribution is 2.16. The Hall–Kier alpha value is -2.26. The third kappa shape index (κ3) is 2.61. The zero-order valence-corrected chi connectivity index (χ0v) is 10.8. The van der Waals surface area contributed by atoms with Gasteiger partial charge in [-0.25, -0.2) is 0 Å². The second-order valence-electron chi connectivity index (χ2n) is 4.08. The molecule has 0 spiro atoms. The largest absolute Gasteiger partial charge is 0.360 e. The van der Waals surface area contributed by atoms with Crippen molar-refractivity contribution in [2.75, 3.05) is 5.43 Å². The molecule has 3 rings (SSSR count). The number of hydrogen-bond donors (Lipinski definition) is 2. The molecule has 1 aromatic heterocycles. The van der Waals surface area contributed by atoms with Crippen molar-refractivity contribution >= 4 is 34.4 Å². The Kier molecular flexibility index (Phi) is 3.21. The maximum Gasteiger partial charge on any atom is 0.0566 e. The van der Waals surface area contributed by atoms with Gasteiger partial charge in [0, 0.05) is 27.7 Å². The van der Waals surface area contributed by atoms with Crippen molar-refractivity contribution in [3.8, 4) is 0 Å². The van der Waals surface area contributed by atoms with Crippen LogP contribution in [0.5, 0.6) is 0 Å². The summed E-state index contributed by atoms with van der Waals surface area (Å²) >= 11 is 5.82. The van der Waals surface area contributed by atoms with Gasteiger partial charge in [0.15, 0.2) is 0 Å². The summed E-state index contributed by atoms with van der Waals surface area (Å²) in [6.07, 6.45) is 3.68. The fraction of sp³-hybridized carbons (Fsp3) is 0. The molecule has 0 bridgehead atoms. The molecule has 3 nitrogen and oxygen atoms in total. The fourth-order valence-electron chi connectivity index (χ4n) is 1.83. The van der Waals surface area contributed by atoms with Crippen molar-refractivity contribution in [1.82, 2.24) is 4.98 Å². The zero-order chi connectivity index (χ0) is 13.1. The second kappa shape index (κ2) is 5.16. The van der Waals surface area contributed by atoms with Gasteiger partial charge in [0.25, 0.3) is 0 Å². The van der Waals surface area contributed by atoms with Gasteiger partial charge < -0.3 is 4.98 Å². The molecular formula is C15H11ClN3. The van der Waals surface area contributed by atoms with Crippen molar-refractivity contribution < 1.29 is 0 Å². The molecule has 0 saturated heterocycles. The number of aromatic nitrogens is 1. The molecule has 1 heterocycles. The number of aromatic amines is 1. The number of benzene rings is 2. The summed E-state index contributed by atoms with van der Waals surface area (Å²) in [7, 11) is 0. The van der Waals surface area contributed by atoms with Gasteiger partial charge in [0.2, 0.25) is 0 Å². The molecule has 0 atom stereocenters. The Morgan fingerprint density at radius 2 is 2.05 bits per heavy atom. The predicted octanol–water partition coefficient (Wildman–Crippen LogP) is 4.07. The Labute approximate surface area is 115 Å². The van der Waals surface area contributed by atoms with Crippen LogP contribution in [0.25, 0.3) is 10.9 Å². The molecule has 3 aromatic rings. The maximum absolute atomic E-state index is 5.82. The lowest BCUT2D eigenvalue weighted by Crippen LogP contribution is -1.89. The van der Waals surface area contributed by atoms with E-state index in [9.17, 15) is 0 Å². The number of H-pyrrole nitrogens is 1. The summed E-state index contributed by atoms with van der Waals surface area (Å²) < 4.78 is 0. The van der Waals surface area contributed by atoms with Gasteiger partial charge in [0.05, 0.1) is 11.9 Å². The van der Waals surface area contributed by atoms with Gasteiger partial charge >= 0.3 is 0 Å². The van der Waals surface area contributed by atoms with E-state index < -0.39 is 0 Å². The van der Waals surface area contributed by atoms with Gasteiger partial charge in [0.1, 0.15) is 0 Å². The van der Waals surface area contributed by atoms with Crippen molar-refractivity contribution in [2.45, 2.75) is 0 Å². The van der Waals surface area contributed by atoms with Crippen LogP contribution >= 0.6 is 11.6 Å². The maximum atomic E-state index is 5.82. The van der Waals surface area contributed by atoms with Crippen molar-refractivity contribution in [3.63, 3.8) is 0 Å². The van der Waals surface area contributed by atoms with Gasteiger partial charge in [-0.15, -0.1) is 0 Å². The van der Waals surface area contributed by atoms with Crippen LogP contribution < -0.4 is 5.43 Å². The Morgan fingerprint density at radius 3 is 2.89 bits per heavy atom. The van der Waals surface area contributed by atoms with Gasteiger partial charge in [-0.05, 0) is 36.4 Å². The van der Waals surface area contributed by atoms with Crippen molar-refractivity contribution in [1.29, 1.82) is 0 Å². The van der Waals surface area contributed by atoms with E-state index in [0.717, 1.165) is 22.2 Å². The number of fused-ring (bicyclic) bond motifs is 1. The van der Waals surface area contributed by atoms with Crippen LogP contribution in [0, 0.1) is 6.07 Å². The number of nitrogens with one attached hydrogen (secondary N) is 2. The summed E-state index contributed by atoms with van der Waals surface area (Å²) in [5.41, 5.74) is 5.90. The molecule has 1 radical (unpaired) electrons. The molecule has 0 unspecified atom stereocenters. The highest BCUT2D eigenvalue weighted by molar-refractivity contribution is 6.30. The van der Waals surface area contributed by atoms with E-state index in [1.807, 2.05) is 48.7 Å². The topological polar surface area (TPSA) is 40.2 Å². The third-order valence-corrected chi connectivity index (χ3v) is 3.02. The lowest BCUT2D eigenvalue weighted by molar-refractivity contribution is 1.35. The smallest absolute Gasteiger partial charge is 0.0566 e. The van der Waals surface area contributed by atoms with Crippen molar-refractivity contribution in [3.05, 3.63) is 65.3 Å². The predicted molar refractivity (Wildman–Crippen MR) is 79.8 cm³/mol. The molecule has 2 N–H and O–H groups in total. The van der Waals surface area contributed by atoms with Crippen LogP contribution in [0.15, 0.2) is 53.8 Å². The first-order valence-corrected chi connectivity index (χ1v) is 6.23. The molecule has 0 aliphatic heterocycles. The van der Waals surface area contributed by atoms with E-state index in [-0.39, 0.29) is 0 Å². The third-order valence-electron chi connectivity index (χ3n) is 2.77. The summed E-state index contributed by atoms with van der Waals surface area (Å²) in [5.74, 6) is 0. The zero-order valence-electron chi connectivity index (χ0n) is 10.0. The summed E-state index contributed by atoms with van der Waals surface area (Å²) in [6, 6.07) is 16.4. The summed E-state index contributed by atoms with van der Waals surface area (Å²) in [5, 5.41) is 5.95. The first kappa shape index (κ1) is 11.8. The molecule has 93 valence electrons. The van der Waals surface area contributed by atoms with Crippen molar-refractivity contribution in [2.24, 2.45) is 5.10 Å². The standard InChI is InChI=1S/C15H11ClN3/c16-12-5-7-13(8-6-12)19-18-10-11-9-17-15-4-2-1-3-14(11)15/h1-2,4-10,17,19H/b18-10+. The Balaban J connectivity index is 1.77. The summed E-state index contributed by atoms with van der Waals surface area (Å²) in [4.78, 5) is 3.18. The van der Waals surface area contributed by atoms with Crippen LogP contribution in [-0.4, -0.2) is 11.2 Å². The lowest BCUT2D eigenvalue weighted by Gasteiger charge is -1.99. The number of halogens is 1. The molecule has 2 aromatic carbocycles. The van der Waals surface area contributed by atoms with Gasteiger partial charge in [-0.1, -0.05) is 23.7 Å². The van der Waals surface area contributed by atoms with Gasteiger partial charge in [-0.3, -0.25) is 5.43 Å². The first-order chi connectivity index (χ1) is 9.33. The first-order valence-electron chi connectivity index (χ1n) is 5.85. The van der Waals surface area contributed by atoms with Crippen LogP contribution in [0.1, 0.15) is 5.56 Å². The number of hydrazone groups is 1. The van der Waals surface area contributed by atoms with E-state index in [2.05, 4.69) is 21.6 Å². The average molecular weight is 269 g/mol. The quantitative estimate of drug-likeness (QED) is 0.546. The van der Waals surface area contributed by atoms with Gasteiger partial charge in [-0.2, -0.15) is 5.10 Å². The van der Waals surface area contributed by atoms with E-state index >= 15 is 0 Å². The molecule has 0 amide bonds. The number of nitrogens with zero attached hydrogens (tertiary/aromatic N) is 1. The molecule has 0 saturated carbocycles. The SMILES string of the molecule is Clc1ccc(N/N=C/c2c[nH]c3ccc[c]c23)cc1. The van der Waals surface area contributed by atoms with Crippen LogP contribution in [-0.2, 0) is 0 Å². The normalized spacial score (nSPS) is 11.2. The number of rotatable bonds is 3. The van der Waals surface area contributed by atoms with Crippen LogP contribution in [0.2, 0.25) is 5.02 Å². The number of hydrogen-bond acceptors (Lipinski definition) is 2. The molecule has 0 fully saturated rings. The Morgan fingerprint density at radius 1 is 1.21 bits per heavy atom. The van der Waals surface area contributed by atoms with E-state index in [0.29, 0.717) is 5.02 Å². The minimum absolute atomic E-state index is 0.709. The minimum atomic E-state index is 0.709.